The van der Waals surface area contributed by atoms with Gasteiger partial charge in [0, 0.05) is 33.6 Å². The Bertz CT molecular complexity index is 1430. The second-order valence-electron chi connectivity index (χ2n) is 8.81. The summed E-state index contributed by atoms with van der Waals surface area (Å²) >= 11 is 1.43. The lowest BCUT2D eigenvalue weighted by Gasteiger charge is -2.30. The molecule has 4 N–H and O–H groups in total. The minimum atomic E-state index is -0.679. The van der Waals surface area contributed by atoms with Crippen molar-refractivity contribution in [1.82, 2.24) is 10.3 Å². The van der Waals surface area contributed by atoms with E-state index in [1.54, 1.807) is 52.0 Å². The summed E-state index contributed by atoms with van der Waals surface area (Å²) in [5, 5.41) is 9.03. The number of amides is 1. The summed E-state index contributed by atoms with van der Waals surface area (Å²) in [5.74, 6) is -2.15. The van der Waals surface area contributed by atoms with Crippen LogP contribution in [0.15, 0.2) is 76.5 Å². The predicted molar refractivity (Wildman–Crippen MR) is 150 cm³/mol. The molecular formula is C29H30N4O5S. The van der Waals surface area contributed by atoms with Gasteiger partial charge in [-0.2, -0.15) is 0 Å². The fraction of sp³-hybridized carbons (Fsp3) is 0.241. The molecule has 10 heteroatoms. The van der Waals surface area contributed by atoms with Crippen molar-refractivity contribution in [2.45, 2.75) is 33.6 Å². The number of allylic oxidation sites excluding steroid dienone is 2. The lowest BCUT2D eigenvalue weighted by Crippen LogP contribution is -2.32. The number of rotatable bonds is 9. The number of hydrogen-bond donors (Lipinski definition) is 3. The molecule has 4 rings (SSSR count). The summed E-state index contributed by atoms with van der Waals surface area (Å²) in [6.45, 7) is 7.48. The van der Waals surface area contributed by atoms with E-state index in [-0.39, 0.29) is 13.2 Å². The van der Waals surface area contributed by atoms with Crippen molar-refractivity contribution in [1.29, 1.82) is 0 Å². The van der Waals surface area contributed by atoms with Crippen molar-refractivity contribution in [2.24, 2.45) is 5.73 Å². The third kappa shape index (κ3) is 6.01. The topological polar surface area (TPSA) is 133 Å². The van der Waals surface area contributed by atoms with Gasteiger partial charge in [0.2, 0.25) is 5.91 Å². The maximum Gasteiger partial charge on any atom is 0.336 e. The molecule has 0 saturated heterocycles. The first kappa shape index (κ1) is 27.6. The third-order valence-corrected chi connectivity index (χ3v) is 6.95. The van der Waals surface area contributed by atoms with Gasteiger partial charge in [-0.05, 0) is 57.5 Å². The number of ether oxygens (including phenoxy) is 2. The van der Waals surface area contributed by atoms with Gasteiger partial charge in [0.1, 0.15) is 0 Å². The average molecular weight is 547 g/mol. The number of dihydropyridines is 1. The fourth-order valence-corrected chi connectivity index (χ4v) is 5.21. The first-order valence-corrected chi connectivity index (χ1v) is 13.4. The first-order valence-electron chi connectivity index (χ1n) is 12.5. The van der Waals surface area contributed by atoms with Crippen LogP contribution < -0.4 is 16.4 Å². The highest BCUT2D eigenvalue weighted by atomic mass is 32.1. The number of carbonyl (C=O) groups excluding carboxylic acids is 3. The highest BCUT2D eigenvalue weighted by Crippen LogP contribution is 2.40. The molecular weight excluding hydrogens is 516 g/mol. The zero-order valence-corrected chi connectivity index (χ0v) is 23.0. The Labute approximate surface area is 230 Å². The van der Waals surface area contributed by atoms with Crippen LogP contribution in [0.3, 0.4) is 0 Å². The van der Waals surface area contributed by atoms with E-state index >= 15 is 0 Å². The second kappa shape index (κ2) is 12.0. The van der Waals surface area contributed by atoms with Gasteiger partial charge in [-0.15, -0.1) is 11.3 Å². The zero-order valence-electron chi connectivity index (χ0n) is 22.2. The van der Waals surface area contributed by atoms with Gasteiger partial charge in [0.25, 0.3) is 0 Å². The molecule has 0 unspecified atom stereocenters. The molecule has 0 bridgehead atoms. The summed E-state index contributed by atoms with van der Waals surface area (Å²) in [4.78, 5) is 42.1. The van der Waals surface area contributed by atoms with E-state index in [1.165, 1.54) is 11.3 Å². The van der Waals surface area contributed by atoms with Gasteiger partial charge >= 0.3 is 11.9 Å². The van der Waals surface area contributed by atoms with Crippen molar-refractivity contribution in [2.75, 3.05) is 18.5 Å². The predicted octanol–water partition coefficient (Wildman–Crippen LogP) is 5.01. The Balaban J connectivity index is 1.67. The number of carbonyl (C=O) groups is 3. The molecule has 0 fully saturated rings. The molecule has 39 heavy (non-hydrogen) atoms. The van der Waals surface area contributed by atoms with Gasteiger partial charge in [-0.25, -0.2) is 14.6 Å². The van der Waals surface area contributed by atoms with E-state index in [4.69, 9.17) is 15.2 Å². The SMILES string of the molecule is CCOC(=O)C1=C(C)NC(C)=C(C(=O)OCC)C1c1cccc(Nc2nc(-c3ccc(C(N)=O)cc3)cs2)c1. The van der Waals surface area contributed by atoms with E-state index in [0.29, 0.717) is 33.2 Å². The molecule has 3 aromatic rings. The van der Waals surface area contributed by atoms with E-state index < -0.39 is 23.8 Å². The van der Waals surface area contributed by atoms with Crippen LogP contribution in [0.5, 0.6) is 0 Å². The van der Waals surface area contributed by atoms with Crippen molar-refractivity contribution in [3.05, 3.63) is 87.6 Å². The number of nitrogens with two attached hydrogens (primary N) is 1. The molecule has 0 spiro atoms. The van der Waals surface area contributed by atoms with Gasteiger partial charge in [-0.1, -0.05) is 24.3 Å². The van der Waals surface area contributed by atoms with Crippen LogP contribution >= 0.6 is 11.3 Å². The van der Waals surface area contributed by atoms with Crippen molar-refractivity contribution in [3.8, 4) is 11.3 Å². The molecule has 0 atom stereocenters. The Morgan fingerprint density at radius 3 is 2.15 bits per heavy atom. The maximum absolute atomic E-state index is 13.1. The molecule has 0 radical (unpaired) electrons. The highest BCUT2D eigenvalue weighted by molar-refractivity contribution is 7.14. The number of nitrogens with one attached hydrogen (secondary N) is 2. The fourth-order valence-electron chi connectivity index (χ4n) is 4.47. The largest absolute Gasteiger partial charge is 0.463 e. The van der Waals surface area contributed by atoms with Crippen LogP contribution in [0.4, 0.5) is 10.8 Å². The lowest BCUT2D eigenvalue weighted by atomic mass is 9.80. The summed E-state index contributed by atoms with van der Waals surface area (Å²) in [5.41, 5.74) is 10.8. The van der Waals surface area contributed by atoms with E-state index in [1.807, 2.05) is 29.6 Å². The summed E-state index contributed by atoms with van der Waals surface area (Å²) in [7, 11) is 0. The van der Waals surface area contributed by atoms with Crippen LogP contribution in [0.25, 0.3) is 11.3 Å². The third-order valence-electron chi connectivity index (χ3n) is 6.19. The minimum Gasteiger partial charge on any atom is -0.463 e. The van der Waals surface area contributed by atoms with Crippen LogP contribution in [-0.2, 0) is 19.1 Å². The average Bonchev–Trinajstić information content (AvgIpc) is 3.37. The van der Waals surface area contributed by atoms with E-state index in [0.717, 1.165) is 22.5 Å². The Morgan fingerprint density at radius 2 is 1.59 bits per heavy atom. The molecule has 0 aliphatic carbocycles. The normalized spacial score (nSPS) is 13.6. The number of aromatic nitrogens is 1. The second-order valence-corrected chi connectivity index (χ2v) is 9.66. The summed E-state index contributed by atoms with van der Waals surface area (Å²) < 4.78 is 10.7. The molecule has 9 nitrogen and oxygen atoms in total. The standard InChI is InChI=1S/C29H30N4O5S/c1-5-37-27(35)23-16(3)31-17(4)24(28(36)38-6-2)25(23)20-8-7-9-21(14-20)32-29-33-22(15-39-29)18-10-12-19(13-11-18)26(30)34/h7-15,25,31H,5-6H2,1-4H3,(H2,30,34)(H,32,33). The number of anilines is 2. The van der Waals surface area contributed by atoms with Crippen molar-refractivity contribution < 1.29 is 23.9 Å². The van der Waals surface area contributed by atoms with Crippen molar-refractivity contribution in [3.63, 3.8) is 0 Å². The molecule has 1 aliphatic rings. The quantitative estimate of drug-likeness (QED) is 0.319. The van der Waals surface area contributed by atoms with Gasteiger partial charge in [0.15, 0.2) is 5.13 Å². The minimum absolute atomic E-state index is 0.207. The van der Waals surface area contributed by atoms with Crippen LogP contribution in [-0.4, -0.2) is 36.0 Å². The van der Waals surface area contributed by atoms with Crippen LogP contribution in [0, 0.1) is 0 Å². The highest BCUT2D eigenvalue weighted by Gasteiger charge is 2.38. The first-order chi connectivity index (χ1) is 18.7. The molecule has 1 amide bonds. The van der Waals surface area contributed by atoms with Gasteiger partial charge in [-0.3, -0.25) is 4.79 Å². The number of benzene rings is 2. The van der Waals surface area contributed by atoms with Crippen LogP contribution in [0.1, 0.15) is 49.5 Å². The van der Waals surface area contributed by atoms with Crippen LogP contribution in [0.2, 0.25) is 0 Å². The summed E-state index contributed by atoms with van der Waals surface area (Å²) in [6, 6.07) is 14.4. The van der Waals surface area contributed by atoms with Gasteiger partial charge < -0.3 is 25.8 Å². The molecule has 2 heterocycles. The zero-order chi connectivity index (χ0) is 28.1. The monoisotopic (exact) mass is 546 g/mol. The number of nitrogens with zero attached hydrogens (tertiary/aromatic N) is 1. The number of esters is 2. The van der Waals surface area contributed by atoms with Gasteiger partial charge in [0.05, 0.1) is 36.0 Å². The number of hydrogen-bond acceptors (Lipinski definition) is 9. The maximum atomic E-state index is 13.1. The Kier molecular flexibility index (Phi) is 8.46. The molecule has 1 aliphatic heterocycles. The molecule has 2 aromatic carbocycles. The number of primary amides is 1. The Morgan fingerprint density at radius 1 is 0.974 bits per heavy atom. The lowest BCUT2D eigenvalue weighted by molar-refractivity contribution is -0.139. The molecule has 202 valence electrons. The molecule has 0 saturated carbocycles. The van der Waals surface area contributed by atoms with Crippen molar-refractivity contribution >= 4 is 40.0 Å². The Hall–Kier alpha value is -4.44. The molecule has 1 aromatic heterocycles. The summed E-state index contributed by atoms with van der Waals surface area (Å²) in [6.07, 6.45) is 0. The van der Waals surface area contributed by atoms with E-state index in [9.17, 15) is 14.4 Å². The smallest absolute Gasteiger partial charge is 0.336 e. The van der Waals surface area contributed by atoms with E-state index in [2.05, 4.69) is 15.6 Å². The number of thiazole rings is 1.